The summed E-state index contributed by atoms with van der Waals surface area (Å²) >= 11 is 0. The molecule has 0 aromatic rings. The van der Waals surface area contributed by atoms with E-state index in [0.717, 1.165) is 0 Å². The molecular formula is C16H34O4Si2. The van der Waals surface area contributed by atoms with E-state index in [0.29, 0.717) is 26.4 Å². The van der Waals surface area contributed by atoms with Gasteiger partial charge in [-0.15, -0.1) is 0 Å². The molecule has 0 aromatic heterocycles. The summed E-state index contributed by atoms with van der Waals surface area (Å²) in [5.41, 5.74) is 4.24. The number of rotatable bonds is 12. The van der Waals surface area contributed by atoms with Crippen LogP contribution in [0, 0.1) is 0 Å². The molecule has 22 heavy (non-hydrogen) atoms. The van der Waals surface area contributed by atoms with Crippen LogP contribution >= 0.6 is 0 Å². The average Bonchev–Trinajstić information content (AvgIpc) is 2.48. The molecule has 0 atom stereocenters. The van der Waals surface area contributed by atoms with Crippen molar-refractivity contribution in [3.63, 3.8) is 0 Å². The van der Waals surface area contributed by atoms with E-state index in [2.05, 4.69) is 18.3 Å². The highest BCUT2D eigenvalue weighted by molar-refractivity contribution is 6.92. The summed E-state index contributed by atoms with van der Waals surface area (Å²) in [7, 11) is -5.13. The van der Waals surface area contributed by atoms with Gasteiger partial charge < -0.3 is 17.7 Å². The van der Waals surface area contributed by atoms with Gasteiger partial charge in [0.2, 0.25) is 0 Å². The zero-order chi connectivity index (χ0) is 17.1. The van der Waals surface area contributed by atoms with E-state index in [9.17, 15) is 0 Å². The van der Waals surface area contributed by atoms with Gasteiger partial charge in [0.25, 0.3) is 0 Å². The van der Waals surface area contributed by atoms with Crippen molar-refractivity contribution in [1.82, 2.24) is 0 Å². The Bertz CT molecular complexity index is 301. The summed E-state index contributed by atoms with van der Waals surface area (Å²) in [5.74, 6) is 0. The summed E-state index contributed by atoms with van der Waals surface area (Å²) in [5, 5.41) is 0.0900. The molecule has 0 radical (unpaired) electrons. The molecule has 0 amide bonds. The van der Waals surface area contributed by atoms with Crippen LogP contribution in [0.2, 0.25) is 5.16 Å². The van der Waals surface area contributed by atoms with Gasteiger partial charge >= 0.3 is 17.1 Å². The van der Waals surface area contributed by atoms with E-state index < -0.39 is 17.1 Å². The van der Waals surface area contributed by atoms with Gasteiger partial charge in [-0.05, 0) is 52.9 Å². The minimum absolute atomic E-state index is 0.0900. The maximum atomic E-state index is 6.19. The van der Waals surface area contributed by atoms with Crippen molar-refractivity contribution in [2.24, 2.45) is 0 Å². The monoisotopic (exact) mass is 346 g/mol. The highest BCUT2D eigenvalue weighted by Gasteiger charge is 2.56. The SMILES string of the molecule is CC=C[Si](OCC)(OCC)C(C)[Si](C=CC)(OCC)OCC. The topological polar surface area (TPSA) is 36.9 Å². The minimum atomic E-state index is -2.57. The van der Waals surface area contributed by atoms with Gasteiger partial charge in [-0.25, -0.2) is 0 Å². The highest BCUT2D eigenvalue weighted by atomic mass is 28.4. The van der Waals surface area contributed by atoms with Crippen LogP contribution in [0.25, 0.3) is 0 Å². The molecule has 0 spiro atoms. The van der Waals surface area contributed by atoms with Gasteiger partial charge in [0.15, 0.2) is 0 Å². The molecule has 0 aliphatic carbocycles. The van der Waals surface area contributed by atoms with E-state index in [1.54, 1.807) is 0 Å². The summed E-state index contributed by atoms with van der Waals surface area (Å²) < 4.78 is 24.8. The molecule has 0 heterocycles. The second kappa shape index (κ2) is 11.3. The molecule has 0 bridgehead atoms. The molecular weight excluding hydrogens is 312 g/mol. The van der Waals surface area contributed by atoms with Crippen LogP contribution < -0.4 is 0 Å². The van der Waals surface area contributed by atoms with Gasteiger partial charge in [0.1, 0.15) is 0 Å². The molecule has 0 unspecified atom stereocenters. The van der Waals surface area contributed by atoms with Gasteiger partial charge in [0, 0.05) is 26.4 Å². The Kier molecular flexibility index (Phi) is 11.2. The Hall–Kier alpha value is -0.246. The summed E-state index contributed by atoms with van der Waals surface area (Å²) in [6.07, 6.45) is 4.06. The van der Waals surface area contributed by atoms with Crippen molar-refractivity contribution < 1.29 is 17.7 Å². The van der Waals surface area contributed by atoms with Crippen LogP contribution in [0.5, 0.6) is 0 Å². The smallest absolute Gasteiger partial charge is 0.369 e. The van der Waals surface area contributed by atoms with Crippen LogP contribution in [-0.2, 0) is 17.7 Å². The lowest BCUT2D eigenvalue weighted by atomic mass is 10.8. The summed E-state index contributed by atoms with van der Waals surface area (Å²) in [6, 6.07) is 0. The second-order valence-electron chi connectivity index (χ2n) is 4.90. The Balaban J connectivity index is 5.90. The first-order valence-corrected chi connectivity index (χ1v) is 12.3. The predicted octanol–water partition coefficient (Wildman–Crippen LogP) is 4.18. The van der Waals surface area contributed by atoms with Crippen molar-refractivity contribution in [3.8, 4) is 0 Å². The standard InChI is InChI=1S/C16H34O4Si2/c1-8-14-21(17-10-3,18-11-4)16(7)22(15-9-2,19-12-5)20-13-6/h8-9,14-16H,10-13H2,1-7H3. The first-order valence-electron chi connectivity index (χ1n) is 8.35. The van der Waals surface area contributed by atoms with Crippen molar-refractivity contribution in [3.05, 3.63) is 23.6 Å². The Morgan fingerprint density at radius 1 is 0.682 bits per heavy atom. The fourth-order valence-corrected chi connectivity index (χ4v) is 11.4. The third-order valence-corrected chi connectivity index (χ3v) is 12.9. The van der Waals surface area contributed by atoms with Crippen LogP contribution in [0.4, 0.5) is 0 Å². The van der Waals surface area contributed by atoms with Crippen molar-refractivity contribution in [2.75, 3.05) is 26.4 Å². The van der Waals surface area contributed by atoms with E-state index in [1.165, 1.54) is 0 Å². The fraction of sp³-hybridized carbons (Fsp3) is 0.750. The predicted molar refractivity (Wildman–Crippen MR) is 97.1 cm³/mol. The summed E-state index contributed by atoms with van der Waals surface area (Å²) in [6.45, 7) is 16.7. The van der Waals surface area contributed by atoms with Crippen molar-refractivity contribution in [2.45, 2.75) is 53.6 Å². The van der Waals surface area contributed by atoms with Crippen LogP contribution in [0.15, 0.2) is 23.6 Å². The van der Waals surface area contributed by atoms with Crippen LogP contribution in [-0.4, -0.2) is 43.5 Å². The van der Waals surface area contributed by atoms with Crippen molar-refractivity contribution >= 4 is 17.1 Å². The van der Waals surface area contributed by atoms with E-state index >= 15 is 0 Å². The lowest BCUT2D eigenvalue weighted by molar-refractivity contribution is 0.163. The van der Waals surface area contributed by atoms with Gasteiger partial charge in [-0.2, -0.15) is 0 Å². The third-order valence-electron chi connectivity index (χ3n) is 3.48. The third kappa shape index (κ3) is 5.43. The minimum Gasteiger partial charge on any atom is -0.391 e. The van der Waals surface area contributed by atoms with Gasteiger partial charge in [-0.1, -0.05) is 19.1 Å². The van der Waals surface area contributed by atoms with Crippen LogP contribution in [0.1, 0.15) is 48.5 Å². The molecule has 0 aliphatic heterocycles. The normalized spacial score (nSPS) is 15.0. The van der Waals surface area contributed by atoms with E-state index in [-0.39, 0.29) is 5.16 Å². The molecule has 0 N–H and O–H groups in total. The van der Waals surface area contributed by atoms with E-state index in [4.69, 9.17) is 17.7 Å². The summed E-state index contributed by atoms with van der Waals surface area (Å²) in [4.78, 5) is 0. The molecule has 0 aliphatic rings. The molecule has 0 fully saturated rings. The molecule has 0 rings (SSSR count). The number of hydrogen-bond donors (Lipinski definition) is 0. The first kappa shape index (κ1) is 21.8. The lowest BCUT2D eigenvalue weighted by Gasteiger charge is -2.41. The molecule has 0 saturated heterocycles. The highest BCUT2D eigenvalue weighted by Crippen LogP contribution is 2.36. The molecule has 4 nitrogen and oxygen atoms in total. The van der Waals surface area contributed by atoms with Gasteiger partial charge in [0.05, 0.1) is 5.16 Å². The zero-order valence-corrected chi connectivity index (χ0v) is 17.3. The quantitative estimate of drug-likeness (QED) is 0.497. The second-order valence-corrected chi connectivity index (χ2v) is 11.9. The van der Waals surface area contributed by atoms with Crippen molar-refractivity contribution in [1.29, 1.82) is 0 Å². The van der Waals surface area contributed by atoms with E-state index in [1.807, 2.05) is 53.7 Å². The largest absolute Gasteiger partial charge is 0.391 e. The molecule has 0 saturated carbocycles. The Morgan fingerprint density at radius 2 is 0.955 bits per heavy atom. The van der Waals surface area contributed by atoms with Crippen LogP contribution in [0.3, 0.4) is 0 Å². The van der Waals surface area contributed by atoms with Gasteiger partial charge in [-0.3, -0.25) is 0 Å². The molecule has 0 aromatic carbocycles. The lowest BCUT2D eigenvalue weighted by Crippen LogP contribution is -2.58. The zero-order valence-electron chi connectivity index (χ0n) is 15.3. The maximum Gasteiger partial charge on any atom is 0.369 e. The Morgan fingerprint density at radius 3 is 1.14 bits per heavy atom. The Labute approximate surface area is 139 Å². The molecule has 6 heteroatoms. The molecule has 130 valence electrons. The number of hydrogen-bond acceptors (Lipinski definition) is 4. The average molecular weight is 347 g/mol. The maximum absolute atomic E-state index is 6.19. The first-order chi connectivity index (χ1) is 10.5. The number of allylic oxidation sites excluding steroid dienone is 2. The fourth-order valence-electron chi connectivity index (χ4n) is 2.71.